The van der Waals surface area contributed by atoms with Crippen molar-refractivity contribution in [3.8, 4) is 0 Å². The van der Waals surface area contributed by atoms with Gasteiger partial charge in [0, 0.05) is 3.57 Å². The summed E-state index contributed by atoms with van der Waals surface area (Å²) in [5.41, 5.74) is 0.425. The van der Waals surface area contributed by atoms with Crippen molar-refractivity contribution in [1.29, 1.82) is 0 Å². The fraction of sp³-hybridized carbons (Fsp3) is 0.200. The third-order valence-corrected chi connectivity index (χ3v) is 3.09. The van der Waals surface area contributed by atoms with Gasteiger partial charge in [-0.05, 0) is 47.2 Å². The van der Waals surface area contributed by atoms with Gasteiger partial charge in [-0.1, -0.05) is 6.07 Å². The largest absolute Gasteiger partial charge is 0.478 e. The highest BCUT2D eigenvalue weighted by Gasteiger charge is 2.20. The van der Waals surface area contributed by atoms with Gasteiger partial charge in [0.25, 0.3) is 0 Å². The zero-order chi connectivity index (χ0) is 11.6. The second-order valence-electron chi connectivity index (χ2n) is 3.01. The number of carbonyl (C=O) groups is 2. The number of hydrogen-bond acceptors (Lipinski definition) is 2. The van der Waals surface area contributed by atoms with E-state index < -0.39 is 11.3 Å². The highest BCUT2D eigenvalue weighted by molar-refractivity contribution is 14.1. The summed E-state index contributed by atoms with van der Waals surface area (Å²) in [5, 5.41) is 8.05. The fourth-order valence-electron chi connectivity index (χ4n) is 1.15. The normalized spacial score (nSPS) is 12.2. The number of rotatable bonds is 3. The summed E-state index contributed by atoms with van der Waals surface area (Å²) >= 11 is 7.83. The van der Waals surface area contributed by atoms with Crippen LogP contribution >= 0.6 is 34.2 Å². The number of alkyl halides is 1. The van der Waals surface area contributed by atoms with Crippen LogP contribution in [0.2, 0.25) is 0 Å². The lowest BCUT2D eigenvalue weighted by atomic mass is 10.0. The SMILES string of the molecule is CC(=O)C(Cl)c1ccc(I)cc1C(=O)O. The van der Waals surface area contributed by atoms with E-state index in [2.05, 4.69) is 0 Å². The quantitative estimate of drug-likeness (QED) is 0.681. The van der Waals surface area contributed by atoms with Crippen LogP contribution in [0.1, 0.15) is 28.2 Å². The molecule has 3 nitrogen and oxygen atoms in total. The molecule has 1 N–H and O–H groups in total. The van der Waals surface area contributed by atoms with E-state index in [9.17, 15) is 9.59 Å². The zero-order valence-corrected chi connectivity index (χ0v) is 10.7. The molecule has 0 amide bonds. The molecule has 0 aliphatic rings. The number of hydrogen-bond donors (Lipinski definition) is 1. The van der Waals surface area contributed by atoms with Crippen molar-refractivity contribution >= 4 is 45.9 Å². The molecule has 0 radical (unpaired) electrons. The Balaban J connectivity index is 3.28. The molecule has 1 atom stereocenters. The van der Waals surface area contributed by atoms with Crippen LogP contribution in [0.25, 0.3) is 0 Å². The number of carboxylic acids is 1. The van der Waals surface area contributed by atoms with Crippen LogP contribution in [-0.4, -0.2) is 16.9 Å². The number of benzene rings is 1. The Kier molecular flexibility index (Phi) is 4.10. The molecule has 1 rings (SSSR count). The summed E-state index contributed by atoms with van der Waals surface area (Å²) in [6.45, 7) is 1.33. The van der Waals surface area contributed by atoms with Crippen molar-refractivity contribution in [2.24, 2.45) is 0 Å². The predicted molar refractivity (Wildman–Crippen MR) is 65.4 cm³/mol. The molecule has 0 aliphatic heterocycles. The number of Topliss-reactive ketones (excluding diaryl/α,β-unsaturated/α-hetero) is 1. The van der Waals surface area contributed by atoms with Crippen molar-refractivity contribution in [3.05, 3.63) is 32.9 Å². The number of ketones is 1. The molecule has 0 aromatic heterocycles. The molecule has 1 aromatic rings. The number of carbonyl (C=O) groups excluding carboxylic acids is 1. The smallest absolute Gasteiger partial charge is 0.336 e. The Morgan fingerprint density at radius 3 is 2.53 bits per heavy atom. The van der Waals surface area contributed by atoms with E-state index in [-0.39, 0.29) is 11.3 Å². The first-order valence-corrected chi connectivity index (χ1v) is 5.62. The highest BCUT2D eigenvalue weighted by atomic mass is 127. The Morgan fingerprint density at radius 1 is 1.47 bits per heavy atom. The first-order chi connectivity index (χ1) is 6.93. The van der Waals surface area contributed by atoms with E-state index in [0.717, 1.165) is 3.57 Å². The maximum absolute atomic E-state index is 11.1. The summed E-state index contributed by atoms with van der Waals surface area (Å²) in [4.78, 5) is 22.0. The lowest BCUT2D eigenvalue weighted by Gasteiger charge is -2.09. The molecule has 0 heterocycles. The van der Waals surface area contributed by atoms with Gasteiger partial charge in [-0.25, -0.2) is 4.79 Å². The van der Waals surface area contributed by atoms with Gasteiger partial charge in [0.2, 0.25) is 0 Å². The molecule has 5 heteroatoms. The van der Waals surface area contributed by atoms with Gasteiger partial charge in [0.15, 0.2) is 5.78 Å². The lowest BCUT2D eigenvalue weighted by molar-refractivity contribution is -0.116. The third kappa shape index (κ3) is 2.92. The van der Waals surface area contributed by atoms with Crippen LogP contribution in [0.15, 0.2) is 18.2 Å². The summed E-state index contributed by atoms with van der Waals surface area (Å²) in [7, 11) is 0. The van der Waals surface area contributed by atoms with Gasteiger partial charge in [-0.15, -0.1) is 11.6 Å². The summed E-state index contributed by atoms with van der Waals surface area (Å²) in [6.07, 6.45) is 0. The van der Waals surface area contributed by atoms with Crippen LogP contribution in [0.4, 0.5) is 0 Å². The van der Waals surface area contributed by atoms with E-state index in [1.165, 1.54) is 13.0 Å². The van der Waals surface area contributed by atoms with Crippen LogP contribution in [0.3, 0.4) is 0 Å². The van der Waals surface area contributed by atoms with Gasteiger partial charge in [-0.2, -0.15) is 0 Å². The van der Waals surface area contributed by atoms with Gasteiger partial charge >= 0.3 is 5.97 Å². The minimum Gasteiger partial charge on any atom is -0.478 e. The molecule has 0 saturated carbocycles. The molecule has 15 heavy (non-hydrogen) atoms. The van der Waals surface area contributed by atoms with Gasteiger partial charge < -0.3 is 5.11 Å². The maximum atomic E-state index is 11.1. The predicted octanol–water partition coefficient (Wildman–Crippen LogP) is 2.86. The van der Waals surface area contributed by atoms with Crippen molar-refractivity contribution in [3.63, 3.8) is 0 Å². The van der Waals surface area contributed by atoms with Gasteiger partial charge in [0.05, 0.1) is 5.56 Å². The fourth-order valence-corrected chi connectivity index (χ4v) is 1.84. The topological polar surface area (TPSA) is 54.4 Å². The van der Waals surface area contributed by atoms with Crippen molar-refractivity contribution in [2.45, 2.75) is 12.3 Å². The third-order valence-electron chi connectivity index (χ3n) is 1.88. The second kappa shape index (κ2) is 4.94. The second-order valence-corrected chi connectivity index (χ2v) is 4.69. The first kappa shape index (κ1) is 12.4. The average molecular weight is 339 g/mol. The Bertz CT molecular complexity index is 417. The summed E-state index contributed by atoms with van der Waals surface area (Å²) < 4.78 is 0.793. The first-order valence-electron chi connectivity index (χ1n) is 4.10. The van der Waals surface area contributed by atoms with Crippen LogP contribution in [-0.2, 0) is 4.79 Å². The van der Waals surface area contributed by atoms with Crippen molar-refractivity contribution in [1.82, 2.24) is 0 Å². The molecule has 0 saturated heterocycles. The number of halogens is 2. The Morgan fingerprint density at radius 2 is 2.07 bits per heavy atom. The number of aromatic carboxylic acids is 1. The Labute approximate surface area is 106 Å². The number of carboxylic acid groups (broad SMARTS) is 1. The van der Waals surface area contributed by atoms with E-state index >= 15 is 0 Å². The van der Waals surface area contributed by atoms with Crippen LogP contribution < -0.4 is 0 Å². The van der Waals surface area contributed by atoms with Gasteiger partial charge in [-0.3, -0.25) is 4.79 Å². The average Bonchev–Trinajstić information content (AvgIpc) is 2.16. The molecular weight excluding hydrogens is 330 g/mol. The summed E-state index contributed by atoms with van der Waals surface area (Å²) in [6, 6.07) is 4.79. The molecule has 0 spiro atoms. The van der Waals surface area contributed by atoms with Crippen LogP contribution in [0.5, 0.6) is 0 Å². The van der Waals surface area contributed by atoms with Crippen LogP contribution in [0, 0.1) is 3.57 Å². The lowest BCUT2D eigenvalue weighted by Crippen LogP contribution is -2.09. The molecule has 1 aromatic carbocycles. The minimum atomic E-state index is -1.07. The van der Waals surface area contributed by atoms with E-state index in [4.69, 9.17) is 16.7 Å². The van der Waals surface area contributed by atoms with E-state index in [1.54, 1.807) is 12.1 Å². The van der Waals surface area contributed by atoms with Gasteiger partial charge in [0.1, 0.15) is 5.38 Å². The minimum absolute atomic E-state index is 0.0806. The maximum Gasteiger partial charge on any atom is 0.336 e. The summed E-state index contributed by atoms with van der Waals surface area (Å²) in [5.74, 6) is -1.34. The Hall–Kier alpha value is -0.620. The monoisotopic (exact) mass is 338 g/mol. The van der Waals surface area contributed by atoms with E-state index in [0.29, 0.717) is 5.56 Å². The molecule has 0 aliphatic carbocycles. The molecule has 1 unspecified atom stereocenters. The standard InChI is InChI=1S/C10H8ClIO3/c1-5(13)9(11)7-3-2-6(12)4-8(7)10(14)15/h2-4,9H,1H3,(H,14,15). The molecule has 80 valence electrons. The van der Waals surface area contributed by atoms with E-state index in [1.807, 2.05) is 22.6 Å². The van der Waals surface area contributed by atoms with Crippen molar-refractivity contribution < 1.29 is 14.7 Å². The van der Waals surface area contributed by atoms with Crippen molar-refractivity contribution in [2.75, 3.05) is 0 Å². The molecule has 0 fully saturated rings. The zero-order valence-electron chi connectivity index (χ0n) is 7.83. The highest BCUT2D eigenvalue weighted by Crippen LogP contribution is 2.26. The molecule has 0 bridgehead atoms. The molecular formula is C10H8ClIO3.